The molecule has 1 amide bonds. The Morgan fingerprint density at radius 2 is 1.81 bits per heavy atom. The van der Waals surface area contributed by atoms with E-state index in [2.05, 4.69) is 0 Å². The maximum atomic E-state index is 12.9. The van der Waals surface area contributed by atoms with Crippen LogP contribution in [0.15, 0.2) is 48.5 Å². The van der Waals surface area contributed by atoms with Gasteiger partial charge in [0.2, 0.25) is 5.91 Å². The average molecular weight is 468 g/mol. The lowest BCUT2D eigenvalue weighted by Gasteiger charge is -2.17. The minimum absolute atomic E-state index is 0.00870. The van der Waals surface area contributed by atoms with E-state index >= 15 is 0 Å². The van der Waals surface area contributed by atoms with Crippen molar-refractivity contribution in [1.29, 1.82) is 0 Å². The molecule has 0 aliphatic carbocycles. The number of esters is 1. The lowest BCUT2D eigenvalue weighted by Crippen LogP contribution is -2.27. The first-order valence-electron chi connectivity index (χ1n) is 9.78. The second kappa shape index (κ2) is 9.16. The van der Waals surface area contributed by atoms with Crippen LogP contribution < -0.4 is 4.74 Å². The van der Waals surface area contributed by atoms with Crippen molar-refractivity contribution < 1.29 is 27.5 Å². The number of nitrogens with zero attached hydrogens (tertiary/aromatic N) is 1. The van der Waals surface area contributed by atoms with Crippen molar-refractivity contribution in [2.24, 2.45) is 5.92 Å². The molecule has 2 heterocycles. The van der Waals surface area contributed by atoms with E-state index in [0.29, 0.717) is 15.9 Å². The predicted molar refractivity (Wildman–Crippen MR) is 115 cm³/mol. The van der Waals surface area contributed by atoms with Gasteiger partial charge in [-0.3, -0.25) is 9.59 Å². The molecule has 2 aliphatic heterocycles. The maximum Gasteiger partial charge on any atom is 0.416 e. The zero-order valence-electron chi connectivity index (χ0n) is 16.4. The number of halogens is 3. The summed E-state index contributed by atoms with van der Waals surface area (Å²) in [6, 6.07) is 12.3. The molecule has 4 rings (SSSR count). The third kappa shape index (κ3) is 5.38. The molecule has 0 bridgehead atoms. The van der Waals surface area contributed by atoms with Crippen LogP contribution in [0.4, 0.5) is 13.2 Å². The first-order valence-corrected chi connectivity index (χ1v) is 11.9. The highest BCUT2D eigenvalue weighted by Crippen LogP contribution is 2.45. The van der Waals surface area contributed by atoms with Gasteiger partial charge in [0, 0.05) is 31.0 Å². The molecule has 164 valence electrons. The number of alkyl halides is 3. The molecule has 0 radical (unpaired) electrons. The molecule has 2 saturated heterocycles. The second-order valence-corrected chi connectivity index (χ2v) is 10.2. The lowest BCUT2D eigenvalue weighted by atomic mass is 10.1. The number of hydrogen-bond donors (Lipinski definition) is 0. The summed E-state index contributed by atoms with van der Waals surface area (Å²) in [7, 11) is 0. The maximum absolute atomic E-state index is 12.9. The van der Waals surface area contributed by atoms with Gasteiger partial charge in [0.05, 0.1) is 16.1 Å². The molecule has 2 aliphatic rings. The van der Waals surface area contributed by atoms with Crippen molar-refractivity contribution in [3.05, 3.63) is 65.2 Å². The highest BCUT2D eigenvalue weighted by atomic mass is 32.2. The number of amides is 1. The molecular weight excluding hydrogens is 447 g/mol. The fourth-order valence-corrected chi connectivity index (χ4v) is 6.45. The molecule has 1 unspecified atom stereocenters. The summed E-state index contributed by atoms with van der Waals surface area (Å²) in [6.45, 7) is 0.152. The molecule has 0 aromatic heterocycles. The van der Waals surface area contributed by atoms with Crippen LogP contribution in [-0.2, 0) is 22.3 Å². The number of carbonyl (C=O) groups excluding carboxylic acids is 2. The smallest absolute Gasteiger partial charge is 0.416 e. The number of ether oxygens (including phenoxy) is 1. The topological polar surface area (TPSA) is 46.6 Å². The van der Waals surface area contributed by atoms with E-state index in [1.165, 1.54) is 22.6 Å². The van der Waals surface area contributed by atoms with Gasteiger partial charge in [0.1, 0.15) is 5.75 Å². The Bertz CT molecular complexity index is 959. The van der Waals surface area contributed by atoms with Crippen LogP contribution in [0.5, 0.6) is 5.75 Å². The van der Waals surface area contributed by atoms with Crippen molar-refractivity contribution in [2.75, 3.05) is 18.1 Å². The zero-order chi connectivity index (χ0) is 22.0. The van der Waals surface area contributed by atoms with Crippen molar-refractivity contribution >= 4 is 35.4 Å². The number of benzene rings is 2. The summed E-state index contributed by atoms with van der Waals surface area (Å²) in [6.07, 6.45) is -4.45. The van der Waals surface area contributed by atoms with Crippen molar-refractivity contribution in [3.8, 4) is 5.75 Å². The van der Waals surface area contributed by atoms with Crippen LogP contribution in [0.3, 0.4) is 0 Å². The molecule has 9 heteroatoms. The van der Waals surface area contributed by atoms with Crippen molar-refractivity contribution in [2.45, 2.75) is 23.7 Å². The van der Waals surface area contributed by atoms with E-state index < -0.39 is 23.6 Å². The summed E-state index contributed by atoms with van der Waals surface area (Å²) in [4.78, 5) is 26.2. The van der Waals surface area contributed by atoms with E-state index in [1.807, 2.05) is 35.7 Å². The highest BCUT2D eigenvalue weighted by molar-refractivity contribution is 8.19. The Kier molecular flexibility index (Phi) is 6.52. The van der Waals surface area contributed by atoms with Gasteiger partial charge in [-0.15, -0.1) is 23.5 Å². The van der Waals surface area contributed by atoms with Gasteiger partial charge in [0.25, 0.3) is 0 Å². The Labute approximate surface area is 186 Å². The van der Waals surface area contributed by atoms with E-state index in [-0.39, 0.29) is 25.4 Å². The number of carbonyl (C=O) groups is 2. The number of rotatable bonds is 5. The Hall–Kier alpha value is -2.13. The molecule has 4 nitrogen and oxygen atoms in total. The Morgan fingerprint density at radius 1 is 1.10 bits per heavy atom. The number of hydrogen-bond acceptors (Lipinski definition) is 5. The standard InChI is InChI=1S/C22H20F3NO3S2/c23-22(24,25)17-3-1-2-14(10-17)12-26-13-16(11-19(26)27)20(28)29-18-6-4-15(5-7-18)21-30-8-9-31-21/h1-7,10,16,21H,8-9,11-13H2. The van der Waals surface area contributed by atoms with Crippen molar-refractivity contribution in [1.82, 2.24) is 4.90 Å². The van der Waals surface area contributed by atoms with Gasteiger partial charge < -0.3 is 9.64 Å². The first kappa shape index (κ1) is 22.1. The third-order valence-electron chi connectivity index (χ3n) is 5.17. The van der Waals surface area contributed by atoms with Crippen LogP contribution in [0.2, 0.25) is 0 Å². The largest absolute Gasteiger partial charge is 0.426 e. The van der Waals surface area contributed by atoms with Gasteiger partial charge in [-0.05, 0) is 35.4 Å². The first-order chi connectivity index (χ1) is 14.8. The quantitative estimate of drug-likeness (QED) is 0.450. The molecular formula is C22H20F3NO3S2. The summed E-state index contributed by atoms with van der Waals surface area (Å²) >= 11 is 3.78. The Morgan fingerprint density at radius 3 is 2.48 bits per heavy atom. The lowest BCUT2D eigenvalue weighted by molar-refractivity contribution is -0.139. The van der Waals surface area contributed by atoms with Gasteiger partial charge >= 0.3 is 12.1 Å². The van der Waals surface area contributed by atoms with E-state index in [4.69, 9.17) is 4.74 Å². The molecule has 2 fully saturated rings. The summed E-state index contributed by atoms with van der Waals surface area (Å²) < 4.78 is 44.6. The Balaban J connectivity index is 1.35. The predicted octanol–water partition coefficient (Wildman–Crippen LogP) is 5.14. The molecule has 31 heavy (non-hydrogen) atoms. The molecule has 1 atom stereocenters. The fourth-order valence-electron chi connectivity index (χ4n) is 3.59. The zero-order valence-corrected chi connectivity index (χ0v) is 18.1. The molecule has 2 aromatic carbocycles. The summed E-state index contributed by atoms with van der Waals surface area (Å²) in [5.74, 6) is 1.25. The number of likely N-dealkylation sites (tertiary alicyclic amines) is 1. The van der Waals surface area contributed by atoms with Crippen LogP contribution in [-0.4, -0.2) is 34.8 Å². The summed E-state index contributed by atoms with van der Waals surface area (Å²) in [5, 5.41) is 0. The van der Waals surface area contributed by atoms with E-state index in [1.54, 1.807) is 12.1 Å². The van der Waals surface area contributed by atoms with E-state index in [0.717, 1.165) is 23.6 Å². The molecule has 0 N–H and O–H groups in total. The minimum Gasteiger partial charge on any atom is -0.426 e. The second-order valence-electron chi connectivity index (χ2n) is 7.44. The van der Waals surface area contributed by atoms with Gasteiger partial charge in [-0.25, -0.2) is 0 Å². The van der Waals surface area contributed by atoms with Crippen LogP contribution in [0, 0.1) is 5.92 Å². The average Bonchev–Trinajstić information content (AvgIpc) is 3.39. The SMILES string of the molecule is O=C(Oc1ccc(C2SCCS2)cc1)C1CC(=O)N(Cc2cccc(C(F)(F)F)c2)C1. The van der Waals surface area contributed by atoms with Gasteiger partial charge in [0.15, 0.2) is 0 Å². The van der Waals surface area contributed by atoms with Crippen LogP contribution >= 0.6 is 23.5 Å². The third-order valence-corrected chi connectivity index (χ3v) is 8.27. The number of thioether (sulfide) groups is 2. The van der Waals surface area contributed by atoms with Crippen LogP contribution in [0.25, 0.3) is 0 Å². The normalized spacial score (nSPS) is 19.8. The molecule has 0 saturated carbocycles. The van der Waals surface area contributed by atoms with Gasteiger partial charge in [-0.1, -0.05) is 24.3 Å². The van der Waals surface area contributed by atoms with E-state index in [9.17, 15) is 22.8 Å². The minimum atomic E-state index is -4.44. The fraction of sp³-hybridized carbons (Fsp3) is 0.364. The molecule has 2 aromatic rings. The summed E-state index contributed by atoms with van der Waals surface area (Å²) in [5.41, 5.74) is 0.788. The van der Waals surface area contributed by atoms with Crippen LogP contribution in [0.1, 0.15) is 27.7 Å². The van der Waals surface area contributed by atoms with Gasteiger partial charge in [-0.2, -0.15) is 13.2 Å². The van der Waals surface area contributed by atoms with Crippen molar-refractivity contribution in [3.63, 3.8) is 0 Å². The monoisotopic (exact) mass is 467 g/mol. The molecule has 0 spiro atoms. The highest BCUT2D eigenvalue weighted by Gasteiger charge is 2.36.